The molecule has 0 aliphatic heterocycles. The highest BCUT2D eigenvalue weighted by Gasteiger charge is 2.21. The van der Waals surface area contributed by atoms with Crippen molar-refractivity contribution >= 4 is 5.91 Å². The van der Waals surface area contributed by atoms with Gasteiger partial charge in [0.05, 0.1) is 11.9 Å². The van der Waals surface area contributed by atoms with E-state index < -0.39 is 17.5 Å². The van der Waals surface area contributed by atoms with Crippen LogP contribution >= 0.6 is 0 Å². The molecular weight excluding hydrogens is 360 g/mol. The van der Waals surface area contributed by atoms with Crippen molar-refractivity contribution in [2.24, 2.45) is 5.92 Å². The highest BCUT2D eigenvalue weighted by atomic mass is 19.1. The Morgan fingerprint density at radius 2 is 1.96 bits per heavy atom. The molecule has 0 saturated carbocycles. The first-order valence-electron chi connectivity index (χ1n) is 9.30. The Kier molecular flexibility index (Phi) is 6.19. The van der Waals surface area contributed by atoms with Gasteiger partial charge in [0.1, 0.15) is 11.6 Å². The molecule has 0 aliphatic carbocycles. The summed E-state index contributed by atoms with van der Waals surface area (Å²) in [6, 6.07) is 10.1. The molecule has 0 fully saturated rings. The number of aromatic nitrogens is 2. The minimum absolute atomic E-state index is 0.0286. The van der Waals surface area contributed by atoms with Gasteiger partial charge in [-0.3, -0.25) is 4.79 Å². The van der Waals surface area contributed by atoms with Crippen molar-refractivity contribution in [1.29, 1.82) is 0 Å². The van der Waals surface area contributed by atoms with Crippen LogP contribution in [0.15, 0.2) is 61.2 Å². The number of hydrogen-bond donors (Lipinski definition) is 1. The molecule has 146 valence electrons. The molecule has 28 heavy (non-hydrogen) atoms. The Morgan fingerprint density at radius 3 is 2.61 bits per heavy atom. The predicted octanol–water partition coefficient (Wildman–Crippen LogP) is 4.67. The van der Waals surface area contributed by atoms with Crippen molar-refractivity contribution in [3.05, 3.63) is 78.4 Å². The number of rotatable bonds is 7. The summed E-state index contributed by atoms with van der Waals surface area (Å²) in [5, 5.41) is 2.94. The third-order valence-corrected chi connectivity index (χ3v) is 4.99. The summed E-state index contributed by atoms with van der Waals surface area (Å²) in [5.74, 6) is -1.28. The van der Waals surface area contributed by atoms with Crippen LogP contribution in [0.4, 0.5) is 8.78 Å². The third kappa shape index (κ3) is 4.63. The van der Waals surface area contributed by atoms with Crippen molar-refractivity contribution in [1.82, 2.24) is 14.9 Å². The molecule has 0 unspecified atom stereocenters. The van der Waals surface area contributed by atoms with E-state index >= 15 is 0 Å². The minimum Gasteiger partial charge on any atom is -0.347 e. The second-order valence-corrected chi connectivity index (χ2v) is 6.93. The van der Waals surface area contributed by atoms with Gasteiger partial charge in [-0.15, -0.1) is 0 Å². The molecule has 2 aromatic carbocycles. The van der Waals surface area contributed by atoms with E-state index in [0.717, 1.165) is 6.42 Å². The van der Waals surface area contributed by atoms with E-state index in [1.165, 1.54) is 24.3 Å². The molecule has 1 aromatic heterocycles. The van der Waals surface area contributed by atoms with Crippen molar-refractivity contribution < 1.29 is 13.6 Å². The van der Waals surface area contributed by atoms with Crippen LogP contribution in [0.5, 0.6) is 0 Å². The standard InChI is InChI=1S/C22H23F2N3O/c1-3-15(2)21(13-27-10-9-25-14-27)26-22(28)19-8-7-17(12-20(19)24)16-5-4-6-18(23)11-16/h4-12,14-15,21H,3,13H2,1-2H3,(H,26,28)/t15-,21+/m0/s1. The van der Waals surface area contributed by atoms with Crippen molar-refractivity contribution in [3.63, 3.8) is 0 Å². The largest absolute Gasteiger partial charge is 0.347 e. The number of amides is 1. The summed E-state index contributed by atoms with van der Waals surface area (Å²) in [5.41, 5.74) is 1.05. The third-order valence-electron chi connectivity index (χ3n) is 4.99. The van der Waals surface area contributed by atoms with Gasteiger partial charge in [-0.2, -0.15) is 0 Å². The van der Waals surface area contributed by atoms with E-state index in [2.05, 4.69) is 10.3 Å². The Bertz CT molecular complexity index is 941. The first-order chi connectivity index (χ1) is 13.5. The lowest BCUT2D eigenvalue weighted by molar-refractivity contribution is 0.0913. The van der Waals surface area contributed by atoms with Crippen LogP contribution in [0.1, 0.15) is 30.6 Å². The molecule has 0 aliphatic rings. The van der Waals surface area contributed by atoms with E-state index in [4.69, 9.17) is 0 Å². The van der Waals surface area contributed by atoms with Crippen LogP contribution in [0.25, 0.3) is 11.1 Å². The van der Waals surface area contributed by atoms with E-state index in [1.807, 2.05) is 24.6 Å². The van der Waals surface area contributed by atoms with Gasteiger partial charge in [-0.1, -0.05) is 38.5 Å². The maximum absolute atomic E-state index is 14.6. The molecule has 1 heterocycles. The Balaban J connectivity index is 1.78. The van der Waals surface area contributed by atoms with E-state index in [-0.39, 0.29) is 17.5 Å². The number of nitrogens with one attached hydrogen (secondary N) is 1. The van der Waals surface area contributed by atoms with Gasteiger partial charge in [0.25, 0.3) is 5.91 Å². The Morgan fingerprint density at radius 1 is 1.18 bits per heavy atom. The van der Waals surface area contributed by atoms with Gasteiger partial charge in [-0.25, -0.2) is 13.8 Å². The summed E-state index contributed by atoms with van der Waals surface area (Å²) >= 11 is 0. The van der Waals surface area contributed by atoms with Gasteiger partial charge < -0.3 is 9.88 Å². The maximum Gasteiger partial charge on any atom is 0.254 e. The number of halogens is 2. The second-order valence-electron chi connectivity index (χ2n) is 6.93. The number of carbonyl (C=O) groups excluding carboxylic acids is 1. The Hall–Kier alpha value is -3.02. The SMILES string of the molecule is CC[C@H](C)[C@@H](Cn1ccnc1)NC(=O)c1ccc(-c2cccc(F)c2)cc1F. The molecule has 2 atom stereocenters. The van der Waals surface area contributed by atoms with E-state index in [1.54, 1.807) is 30.7 Å². The summed E-state index contributed by atoms with van der Waals surface area (Å²) in [7, 11) is 0. The molecule has 0 bridgehead atoms. The quantitative estimate of drug-likeness (QED) is 0.644. The molecule has 3 rings (SSSR count). The van der Waals surface area contributed by atoms with E-state index in [9.17, 15) is 13.6 Å². The second kappa shape index (κ2) is 8.78. The fraction of sp³-hybridized carbons (Fsp3) is 0.273. The lowest BCUT2D eigenvalue weighted by Gasteiger charge is -2.25. The first-order valence-corrected chi connectivity index (χ1v) is 9.30. The number of hydrogen-bond acceptors (Lipinski definition) is 2. The molecule has 0 saturated heterocycles. The van der Waals surface area contributed by atoms with Crippen molar-refractivity contribution in [3.8, 4) is 11.1 Å². The molecule has 0 radical (unpaired) electrons. The van der Waals surface area contributed by atoms with Gasteiger partial charge >= 0.3 is 0 Å². The summed E-state index contributed by atoms with van der Waals surface area (Å²) < 4.78 is 29.9. The normalized spacial score (nSPS) is 13.1. The summed E-state index contributed by atoms with van der Waals surface area (Å²) in [4.78, 5) is 16.7. The monoisotopic (exact) mass is 383 g/mol. The van der Waals surface area contributed by atoms with E-state index in [0.29, 0.717) is 17.7 Å². The molecule has 0 spiro atoms. The molecular formula is C22H23F2N3O. The molecule has 1 amide bonds. The first kappa shape index (κ1) is 19.7. The van der Waals surface area contributed by atoms with Crippen molar-refractivity contribution in [2.75, 3.05) is 0 Å². The smallest absolute Gasteiger partial charge is 0.254 e. The fourth-order valence-corrected chi connectivity index (χ4v) is 3.07. The zero-order chi connectivity index (χ0) is 20.1. The summed E-state index contributed by atoms with van der Waals surface area (Å²) in [6.07, 6.45) is 6.08. The highest BCUT2D eigenvalue weighted by molar-refractivity contribution is 5.95. The van der Waals surface area contributed by atoms with Gasteiger partial charge in [-0.05, 0) is 41.3 Å². The number of benzene rings is 2. The number of carbonyl (C=O) groups is 1. The lowest BCUT2D eigenvalue weighted by atomic mass is 9.98. The van der Waals surface area contributed by atoms with Crippen LogP contribution in [0.2, 0.25) is 0 Å². The lowest BCUT2D eigenvalue weighted by Crippen LogP contribution is -2.42. The molecule has 6 heteroatoms. The van der Waals surface area contributed by atoms with Crippen molar-refractivity contribution in [2.45, 2.75) is 32.9 Å². The topological polar surface area (TPSA) is 46.9 Å². The maximum atomic E-state index is 14.6. The zero-order valence-corrected chi connectivity index (χ0v) is 15.9. The highest BCUT2D eigenvalue weighted by Crippen LogP contribution is 2.23. The minimum atomic E-state index is -0.634. The average Bonchev–Trinajstić information content (AvgIpc) is 3.19. The van der Waals surface area contributed by atoms with Gasteiger partial charge in [0, 0.05) is 25.0 Å². The number of imidazole rings is 1. The number of nitrogens with zero attached hydrogens (tertiary/aromatic N) is 2. The van der Waals surface area contributed by atoms with Crippen LogP contribution in [-0.4, -0.2) is 21.5 Å². The van der Waals surface area contributed by atoms with Crippen LogP contribution < -0.4 is 5.32 Å². The van der Waals surface area contributed by atoms with Crippen LogP contribution in [0.3, 0.4) is 0 Å². The fourth-order valence-electron chi connectivity index (χ4n) is 3.07. The zero-order valence-electron chi connectivity index (χ0n) is 15.9. The molecule has 1 N–H and O–H groups in total. The molecule has 4 nitrogen and oxygen atoms in total. The molecule has 3 aromatic rings. The van der Waals surface area contributed by atoms with Crippen LogP contribution in [0, 0.1) is 17.6 Å². The Labute approximate surface area is 163 Å². The summed E-state index contributed by atoms with van der Waals surface area (Å²) in [6.45, 7) is 4.65. The average molecular weight is 383 g/mol. The van der Waals surface area contributed by atoms with Crippen LogP contribution in [-0.2, 0) is 6.54 Å². The van der Waals surface area contributed by atoms with Gasteiger partial charge in [0.15, 0.2) is 0 Å². The predicted molar refractivity (Wildman–Crippen MR) is 105 cm³/mol. The van der Waals surface area contributed by atoms with Gasteiger partial charge in [0.2, 0.25) is 0 Å².